The summed E-state index contributed by atoms with van der Waals surface area (Å²) in [6, 6.07) is 0. The van der Waals surface area contributed by atoms with Crippen LogP contribution in [0.3, 0.4) is 0 Å². The molecule has 0 bridgehead atoms. The normalized spacial score (nSPS) is 9.00. The number of hydrogen-bond donors (Lipinski definition) is 0. The predicted octanol–water partition coefficient (Wildman–Crippen LogP) is 3.60. The summed E-state index contributed by atoms with van der Waals surface area (Å²) in [5.74, 6) is 0. The Kier molecular flexibility index (Phi) is 18.4. The molecule has 0 amide bonds. The van der Waals surface area contributed by atoms with Gasteiger partial charge in [-0.2, -0.15) is 0 Å². The quantitative estimate of drug-likeness (QED) is 0.471. The average Bonchev–Trinajstić information content (AvgIpc) is 1.89. The van der Waals surface area contributed by atoms with Gasteiger partial charge in [0, 0.05) is 0 Å². The Morgan fingerprint density at radius 3 is 1.30 bits per heavy atom. The molecule has 0 saturated carbocycles. The van der Waals surface area contributed by atoms with E-state index in [1.165, 1.54) is 44.9 Å². The topological polar surface area (TPSA) is 0 Å². The molecule has 0 N–H and O–H groups in total. The standard InChI is InChI=1S/C9H20.Sr.2H/c1-3-5-7-9-8-6-4-2;;;/h3-9H2,1-2H3;;;/q;+2;2*-1. The molecule has 0 aromatic carbocycles. The first-order chi connectivity index (χ1) is 4.41. The largest absolute Gasteiger partial charge is 2.00 e. The van der Waals surface area contributed by atoms with Crippen molar-refractivity contribution in [3.05, 3.63) is 0 Å². The van der Waals surface area contributed by atoms with Gasteiger partial charge in [0.25, 0.3) is 0 Å². The van der Waals surface area contributed by atoms with Crippen molar-refractivity contribution >= 4 is 45.5 Å². The maximum absolute atomic E-state index is 2.26. The zero-order valence-corrected chi connectivity index (χ0v) is 11.1. The second-order valence-corrected chi connectivity index (χ2v) is 2.77. The van der Waals surface area contributed by atoms with Crippen molar-refractivity contribution < 1.29 is 2.85 Å². The van der Waals surface area contributed by atoms with E-state index in [-0.39, 0.29) is 48.3 Å². The summed E-state index contributed by atoms with van der Waals surface area (Å²) >= 11 is 0. The van der Waals surface area contributed by atoms with Gasteiger partial charge in [-0.3, -0.25) is 0 Å². The van der Waals surface area contributed by atoms with Crippen molar-refractivity contribution in [2.45, 2.75) is 58.8 Å². The van der Waals surface area contributed by atoms with Crippen LogP contribution in [0.2, 0.25) is 0 Å². The smallest absolute Gasteiger partial charge is 1.00 e. The zero-order valence-electron chi connectivity index (χ0n) is 9.66. The Labute approximate surface area is 106 Å². The van der Waals surface area contributed by atoms with Gasteiger partial charge in [0.15, 0.2) is 0 Å². The molecule has 60 valence electrons. The van der Waals surface area contributed by atoms with E-state index in [9.17, 15) is 0 Å². The van der Waals surface area contributed by atoms with Crippen LogP contribution < -0.4 is 0 Å². The number of hydrogen-bond acceptors (Lipinski definition) is 0. The molecule has 0 aromatic rings. The minimum absolute atomic E-state index is 0. The van der Waals surface area contributed by atoms with Crippen molar-refractivity contribution in [3.8, 4) is 0 Å². The van der Waals surface area contributed by atoms with Crippen LogP contribution in [0.5, 0.6) is 0 Å². The van der Waals surface area contributed by atoms with Crippen LogP contribution in [0.25, 0.3) is 0 Å². The first-order valence-corrected chi connectivity index (χ1v) is 4.41. The molecule has 0 aliphatic heterocycles. The summed E-state index contributed by atoms with van der Waals surface area (Å²) in [5, 5.41) is 0. The molecule has 0 rings (SSSR count). The van der Waals surface area contributed by atoms with E-state index in [0.29, 0.717) is 0 Å². The number of rotatable bonds is 6. The minimum Gasteiger partial charge on any atom is -1.00 e. The fraction of sp³-hybridized carbons (Fsp3) is 1.00. The van der Waals surface area contributed by atoms with Gasteiger partial charge >= 0.3 is 45.5 Å². The maximum Gasteiger partial charge on any atom is 2.00 e. The number of unbranched alkanes of at least 4 members (excludes halogenated alkanes) is 6. The van der Waals surface area contributed by atoms with Gasteiger partial charge in [-0.15, -0.1) is 0 Å². The molecule has 0 heterocycles. The van der Waals surface area contributed by atoms with Crippen molar-refractivity contribution in [1.82, 2.24) is 0 Å². The van der Waals surface area contributed by atoms with Gasteiger partial charge in [-0.1, -0.05) is 58.8 Å². The molecule has 1 heteroatoms. The summed E-state index contributed by atoms with van der Waals surface area (Å²) in [7, 11) is 0. The van der Waals surface area contributed by atoms with Gasteiger partial charge in [-0.05, 0) is 0 Å². The Morgan fingerprint density at radius 2 is 1.00 bits per heavy atom. The Bertz CT molecular complexity index is 45.8. The molecular formula is C9H22Sr. The van der Waals surface area contributed by atoms with E-state index < -0.39 is 0 Å². The SMILES string of the molecule is CCCCCCCCC.[H-].[H-].[Sr+2]. The third-order valence-corrected chi connectivity index (χ3v) is 1.71. The van der Waals surface area contributed by atoms with Gasteiger partial charge < -0.3 is 2.85 Å². The maximum atomic E-state index is 2.26. The molecule has 0 nitrogen and oxygen atoms in total. The molecule has 0 radical (unpaired) electrons. The van der Waals surface area contributed by atoms with Gasteiger partial charge in [0.2, 0.25) is 0 Å². The second-order valence-electron chi connectivity index (χ2n) is 2.77. The Morgan fingerprint density at radius 1 is 0.700 bits per heavy atom. The molecular weight excluding hydrogens is 196 g/mol. The van der Waals surface area contributed by atoms with E-state index in [1.54, 1.807) is 0 Å². The summed E-state index contributed by atoms with van der Waals surface area (Å²) in [4.78, 5) is 0. The molecule has 0 atom stereocenters. The van der Waals surface area contributed by atoms with Crippen LogP contribution in [0, 0.1) is 0 Å². The summed E-state index contributed by atoms with van der Waals surface area (Å²) in [5.41, 5.74) is 0. The van der Waals surface area contributed by atoms with Crippen LogP contribution in [0.4, 0.5) is 0 Å². The van der Waals surface area contributed by atoms with Crippen molar-refractivity contribution in [2.24, 2.45) is 0 Å². The first-order valence-electron chi connectivity index (χ1n) is 4.41. The van der Waals surface area contributed by atoms with Crippen molar-refractivity contribution in [2.75, 3.05) is 0 Å². The average molecular weight is 218 g/mol. The minimum atomic E-state index is 0. The van der Waals surface area contributed by atoms with E-state index in [2.05, 4.69) is 13.8 Å². The fourth-order valence-electron chi connectivity index (χ4n) is 1.03. The van der Waals surface area contributed by atoms with Crippen LogP contribution in [0.1, 0.15) is 61.6 Å². The Hall–Kier alpha value is 1.48. The van der Waals surface area contributed by atoms with Crippen molar-refractivity contribution in [3.63, 3.8) is 0 Å². The van der Waals surface area contributed by atoms with Gasteiger partial charge in [-0.25, -0.2) is 0 Å². The second kappa shape index (κ2) is 13.1. The van der Waals surface area contributed by atoms with Gasteiger partial charge in [0.1, 0.15) is 0 Å². The van der Waals surface area contributed by atoms with Crippen LogP contribution in [0.15, 0.2) is 0 Å². The van der Waals surface area contributed by atoms with Gasteiger partial charge in [0.05, 0.1) is 0 Å². The molecule has 0 aliphatic carbocycles. The molecule has 0 aromatic heterocycles. The van der Waals surface area contributed by atoms with E-state index in [4.69, 9.17) is 0 Å². The van der Waals surface area contributed by atoms with Crippen LogP contribution in [-0.4, -0.2) is 45.5 Å². The monoisotopic (exact) mass is 218 g/mol. The van der Waals surface area contributed by atoms with Crippen LogP contribution in [-0.2, 0) is 0 Å². The third kappa shape index (κ3) is 12.2. The third-order valence-electron chi connectivity index (χ3n) is 1.71. The molecule has 0 fully saturated rings. The molecule has 0 aliphatic rings. The summed E-state index contributed by atoms with van der Waals surface area (Å²) < 4.78 is 0. The van der Waals surface area contributed by atoms with Crippen molar-refractivity contribution in [1.29, 1.82) is 0 Å². The molecule has 10 heavy (non-hydrogen) atoms. The molecule has 0 spiro atoms. The first kappa shape index (κ1) is 14.0. The predicted molar refractivity (Wildman–Crippen MR) is 51.6 cm³/mol. The van der Waals surface area contributed by atoms with E-state index in [1.807, 2.05) is 0 Å². The summed E-state index contributed by atoms with van der Waals surface area (Å²) in [6.07, 6.45) is 9.97. The zero-order chi connectivity index (χ0) is 6.95. The van der Waals surface area contributed by atoms with E-state index >= 15 is 0 Å². The molecule has 0 saturated heterocycles. The summed E-state index contributed by atoms with van der Waals surface area (Å²) in [6.45, 7) is 4.53. The fourth-order valence-corrected chi connectivity index (χ4v) is 1.03. The van der Waals surface area contributed by atoms with E-state index in [0.717, 1.165) is 0 Å². The Balaban J connectivity index is -0.000000107. The van der Waals surface area contributed by atoms with Crippen LogP contribution >= 0.6 is 0 Å². The molecule has 0 unspecified atom stereocenters.